The molecule has 1 saturated heterocycles. The Hall–Kier alpha value is -1.62. The fraction of sp³-hybridized carbons (Fsp3) is 0.727. The molecule has 0 amide bonds. The normalized spacial score (nSPS) is 25.9. The molecule has 3 heterocycles. The second-order valence-corrected chi connectivity index (χ2v) is 8.62. The summed E-state index contributed by atoms with van der Waals surface area (Å²) >= 11 is 0. The van der Waals surface area contributed by atoms with E-state index in [-0.39, 0.29) is 0 Å². The highest BCUT2D eigenvalue weighted by atomic mass is 16.5. The number of Topliss-reactive ketones (excluding diaryl/α,β-unsaturated/α-hetero) is 1. The van der Waals surface area contributed by atoms with E-state index in [2.05, 4.69) is 14.8 Å². The molecule has 0 bridgehead atoms. The maximum atomic E-state index is 11.3. The molecule has 4 rings (SSSR count). The van der Waals surface area contributed by atoms with Gasteiger partial charge in [-0.15, -0.1) is 0 Å². The molecule has 0 atom stereocenters. The van der Waals surface area contributed by atoms with E-state index in [1.165, 1.54) is 44.2 Å². The lowest BCUT2D eigenvalue weighted by Gasteiger charge is -2.37. The van der Waals surface area contributed by atoms with Gasteiger partial charge in [0.2, 0.25) is 0 Å². The van der Waals surface area contributed by atoms with E-state index in [0.29, 0.717) is 11.7 Å². The number of fused-ring (bicyclic) bond motifs is 1. The molecule has 0 unspecified atom stereocenters. The standard InChI is InChI=1S/C22H33N3O2/c1-17(26)16-19-4-2-18(3-5-19)7-10-24-11-13-25(14-12-24)22-20-8-15-27-21(20)6-9-23-22/h6,9,18-19H,2-5,7-8,10-16H2,1H3. The Morgan fingerprint density at radius 2 is 1.89 bits per heavy atom. The van der Waals surface area contributed by atoms with Crippen LogP contribution >= 0.6 is 0 Å². The summed E-state index contributed by atoms with van der Waals surface area (Å²) in [6.45, 7) is 8.14. The van der Waals surface area contributed by atoms with Crippen molar-refractivity contribution in [2.45, 2.75) is 51.9 Å². The van der Waals surface area contributed by atoms with E-state index >= 15 is 0 Å². The third-order valence-corrected chi connectivity index (χ3v) is 6.67. The monoisotopic (exact) mass is 371 g/mol. The Morgan fingerprint density at radius 1 is 1.15 bits per heavy atom. The van der Waals surface area contributed by atoms with Gasteiger partial charge in [-0.2, -0.15) is 0 Å². The van der Waals surface area contributed by atoms with Crippen LogP contribution in [0.3, 0.4) is 0 Å². The highest BCUT2D eigenvalue weighted by Crippen LogP contribution is 2.34. The molecule has 5 nitrogen and oxygen atoms in total. The number of piperazine rings is 1. The van der Waals surface area contributed by atoms with E-state index in [0.717, 1.165) is 63.1 Å². The third-order valence-electron chi connectivity index (χ3n) is 6.67. The summed E-state index contributed by atoms with van der Waals surface area (Å²) < 4.78 is 5.69. The molecule has 27 heavy (non-hydrogen) atoms. The first-order valence-electron chi connectivity index (χ1n) is 10.8. The molecule has 2 fully saturated rings. The zero-order valence-corrected chi connectivity index (χ0v) is 16.7. The van der Waals surface area contributed by atoms with E-state index in [9.17, 15) is 4.79 Å². The first-order chi connectivity index (χ1) is 13.2. The maximum absolute atomic E-state index is 11.3. The van der Waals surface area contributed by atoms with E-state index in [4.69, 9.17) is 4.74 Å². The second kappa shape index (κ2) is 8.59. The molecule has 2 aliphatic heterocycles. The molecular weight excluding hydrogens is 338 g/mol. The van der Waals surface area contributed by atoms with Gasteiger partial charge >= 0.3 is 0 Å². The van der Waals surface area contributed by atoms with Crippen LogP contribution in [0.1, 0.15) is 51.0 Å². The van der Waals surface area contributed by atoms with Gasteiger partial charge in [0.1, 0.15) is 17.4 Å². The molecular formula is C22H33N3O2. The first-order valence-corrected chi connectivity index (χ1v) is 10.8. The quantitative estimate of drug-likeness (QED) is 0.768. The molecule has 1 aliphatic carbocycles. The minimum atomic E-state index is 0.362. The average molecular weight is 372 g/mol. The Bertz CT molecular complexity index is 647. The number of aromatic nitrogens is 1. The molecule has 1 saturated carbocycles. The Morgan fingerprint density at radius 3 is 2.63 bits per heavy atom. The van der Waals surface area contributed by atoms with Crippen LogP contribution in [-0.4, -0.2) is 55.0 Å². The number of carbonyl (C=O) groups excluding carboxylic acids is 1. The molecule has 0 radical (unpaired) electrons. The molecule has 1 aromatic rings. The predicted octanol–water partition coefficient (Wildman–Crippen LogP) is 3.31. The first kappa shape index (κ1) is 18.7. The van der Waals surface area contributed by atoms with Crippen molar-refractivity contribution in [3.05, 3.63) is 17.8 Å². The zero-order valence-electron chi connectivity index (χ0n) is 16.7. The van der Waals surface area contributed by atoms with Gasteiger partial charge in [0.25, 0.3) is 0 Å². The van der Waals surface area contributed by atoms with E-state index < -0.39 is 0 Å². The number of carbonyl (C=O) groups is 1. The predicted molar refractivity (Wildman–Crippen MR) is 107 cm³/mol. The maximum Gasteiger partial charge on any atom is 0.135 e. The summed E-state index contributed by atoms with van der Waals surface area (Å²) in [5, 5.41) is 0. The highest BCUT2D eigenvalue weighted by molar-refractivity contribution is 5.75. The van der Waals surface area contributed by atoms with Crippen LogP contribution in [0.25, 0.3) is 0 Å². The largest absolute Gasteiger partial charge is 0.493 e. The van der Waals surface area contributed by atoms with Crippen molar-refractivity contribution < 1.29 is 9.53 Å². The molecule has 1 aromatic heterocycles. The van der Waals surface area contributed by atoms with Gasteiger partial charge in [0.05, 0.1) is 6.61 Å². The zero-order chi connectivity index (χ0) is 18.6. The Balaban J connectivity index is 1.20. The SMILES string of the molecule is CC(=O)CC1CCC(CCN2CCN(c3nccc4c3CCO4)CC2)CC1. The third kappa shape index (κ3) is 4.63. The lowest BCUT2D eigenvalue weighted by molar-refractivity contribution is -0.118. The summed E-state index contributed by atoms with van der Waals surface area (Å²) in [4.78, 5) is 21.0. The summed E-state index contributed by atoms with van der Waals surface area (Å²) in [5.41, 5.74) is 1.30. The highest BCUT2D eigenvalue weighted by Gasteiger charge is 2.26. The number of anilines is 1. The van der Waals surface area contributed by atoms with Gasteiger partial charge in [-0.3, -0.25) is 4.90 Å². The lowest BCUT2D eigenvalue weighted by atomic mass is 9.78. The van der Waals surface area contributed by atoms with E-state index in [1.807, 2.05) is 12.3 Å². The van der Waals surface area contributed by atoms with Crippen molar-refractivity contribution in [3.8, 4) is 5.75 Å². The number of rotatable bonds is 6. The van der Waals surface area contributed by atoms with E-state index in [1.54, 1.807) is 6.92 Å². The van der Waals surface area contributed by atoms with Crippen molar-refractivity contribution in [2.24, 2.45) is 11.8 Å². The number of hydrogen-bond donors (Lipinski definition) is 0. The number of nitrogens with zero attached hydrogens (tertiary/aromatic N) is 3. The van der Waals surface area contributed by atoms with Crippen LogP contribution in [0.15, 0.2) is 12.3 Å². The molecule has 3 aliphatic rings. The number of hydrogen-bond acceptors (Lipinski definition) is 5. The van der Waals surface area contributed by atoms with Crippen LogP contribution in [0.2, 0.25) is 0 Å². The van der Waals surface area contributed by atoms with Gasteiger partial charge in [0, 0.05) is 50.8 Å². The summed E-state index contributed by atoms with van der Waals surface area (Å²) in [5.74, 6) is 4.06. The smallest absolute Gasteiger partial charge is 0.135 e. The van der Waals surface area contributed by atoms with Crippen LogP contribution in [-0.2, 0) is 11.2 Å². The van der Waals surface area contributed by atoms with Gasteiger partial charge in [0.15, 0.2) is 0 Å². The molecule has 5 heteroatoms. The summed E-state index contributed by atoms with van der Waals surface area (Å²) in [7, 11) is 0. The number of ketones is 1. The molecule has 0 aromatic carbocycles. The molecule has 0 N–H and O–H groups in total. The Labute approximate surface area is 163 Å². The van der Waals surface area contributed by atoms with Crippen molar-refractivity contribution in [2.75, 3.05) is 44.2 Å². The lowest BCUT2D eigenvalue weighted by Crippen LogP contribution is -2.47. The van der Waals surface area contributed by atoms with Crippen molar-refractivity contribution in [1.29, 1.82) is 0 Å². The van der Waals surface area contributed by atoms with Gasteiger partial charge in [-0.05, 0) is 50.6 Å². The second-order valence-electron chi connectivity index (χ2n) is 8.62. The summed E-state index contributed by atoms with van der Waals surface area (Å²) in [6, 6.07) is 1.99. The van der Waals surface area contributed by atoms with Crippen LogP contribution < -0.4 is 9.64 Å². The topological polar surface area (TPSA) is 45.7 Å². The van der Waals surface area contributed by atoms with Crippen LogP contribution in [0, 0.1) is 11.8 Å². The fourth-order valence-corrected chi connectivity index (χ4v) is 5.05. The van der Waals surface area contributed by atoms with Gasteiger partial charge in [-0.25, -0.2) is 4.98 Å². The van der Waals surface area contributed by atoms with Crippen molar-refractivity contribution in [1.82, 2.24) is 9.88 Å². The average Bonchev–Trinajstić information content (AvgIpc) is 3.16. The number of ether oxygens (including phenoxy) is 1. The summed E-state index contributed by atoms with van der Waals surface area (Å²) in [6.07, 6.45) is 10.1. The minimum absolute atomic E-state index is 0.362. The fourth-order valence-electron chi connectivity index (χ4n) is 5.05. The van der Waals surface area contributed by atoms with Crippen LogP contribution in [0.4, 0.5) is 5.82 Å². The number of pyridine rings is 1. The Kier molecular flexibility index (Phi) is 5.96. The van der Waals surface area contributed by atoms with Gasteiger partial charge in [-0.1, -0.05) is 12.8 Å². The van der Waals surface area contributed by atoms with Gasteiger partial charge < -0.3 is 14.4 Å². The molecule has 148 valence electrons. The minimum Gasteiger partial charge on any atom is -0.493 e. The molecule has 0 spiro atoms. The van der Waals surface area contributed by atoms with Crippen LogP contribution in [0.5, 0.6) is 5.75 Å². The van der Waals surface area contributed by atoms with Crippen molar-refractivity contribution in [3.63, 3.8) is 0 Å². The van der Waals surface area contributed by atoms with Crippen molar-refractivity contribution >= 4 is 11.6 Å².